The average Bonchev–Trinajstić information content (AvgIpc) is 2.95. The van der Waals surface area contributed by atoms with Crippen LogP contribution in [-0.2, 0) is 13.0 Å². The predicted molar refractivity (Wildman–Crippen MR) is 109 cm³/mol. The Bertz CT molecular complexity index is 788. The number of imidazole rings is 1. The first-order chi connectivity index (χ1) is 11.7. The summed E-state index contributed by atoms with van der Waals surface area (Å²) in [5, 5.41) is 0. The Labute approximate surface area is 157 Å². The van der Waals surface area contributed by atoms with E-state index in [1.54, 1.807) is 0 Å². The molecular weight excluding hydrogens is 409 g/mol. The molecule has 3 rings (SSSR count). The second-order valence-corrected chi connectivity index (χ2v) is 7.24. The van der Waals surface area contributed by atoms with Gasteiger partial charge in [0.25, 0.3) is 0 Å². The fraction of sp³-hybridized carbons (Fsp3) is 0.350. The lowest BCUT2D eigenvalue weighted by Crippen LogP contribution is -2.27. The summed E-state index contributed by atoms with van der Waals surface area (Å²) in [5.74, 6) is 1.16. The minimum Gasteiger partial charge on any atom is -0.326 e. The van der Waals surface area contributed by atoms with Crippen LogP contribution < -0.4 is 0 Å². The second-order valence-electron chi connectivity index (χ2n) is 6.00. The molecule has 0 N–H and O–H groups in total. The molecule has 0 fully saturated rings. The summed E-state index contributed by atoms with van der Waals surface area (Å²) in [6, 6.07) is 17.2. The molecule has 3 aromatic rings. The van der Waals surface area contributed by atoms with Gasteiger partial charge < -0.3 is 9.47 Å². The smallest absolute Gasteiger partial charge is 0.114 e. The van der Waals surface area contributed by atoms with Crippen molar-refractivity contribution in [2.75, 3.05) is 19.6 Å². The van der Waals surface area contributed by atoms with Gasteiger partial charge in [-0.25, -0.2) is 4.98 Å². The van der Waals surface area contributed by atoms with E-state index in [1.165, 1.54) is 14.7 Å². The molecule has 0 radical (unpaired) electrons. The molecular formula is C20H24IN3. The minimum absolute atomic E-state index is 0.879. The molecule has 3 nitrogen and oxygen atoms in total. The lowest BCUT2D eigenvalue weighted by molar-refractivity contribution is 0.291. The van der Waals surface area contributed by atoms with E-state index in [4.69, 9.17) is 4.98 Å². The summed E-state index contributed by atoms with van der Waals surface area (Å²) in [7, 11) is 0. The highest BCUT2D eigenvalue weighted by Crippen LogP contribution is 2.19. The number of hydrogen-bond acceptors (Lipinski definition) is 2. The molecule has 0 amide bonds. The Morgan fingerprint density at radius 1 is 1.00 bits per heavy atom. The van der Waals surface area contributed by atoms with Crippen molar-refractivity contribution in [2.45, 2.75) is 26.8 Å². The number of nitrogens with zero attached hydrogens (tertiary/aromatic N) is 3. The highest BCUT2D eigenvalue weighted by molar-refractivity contribution is 14.1. The van der Waals surface area contributed by atoms with Gasteiger partial charge in [0, 0.05) is 23.1 Å². The van der Waals surface area contributed by atoms with E-state index >= 15 is 0 Å². The standard InChI is InChI=1S/C20H24IN3/c1-3-23(4-2)13-14-24-19-8-6-5-7-18(19)22-20(24)15-16-9-11-17(21)12-10-16/h5-12H,3-4,13-15H2,1-2H3. The first-order valence-electron chi connectivity index (χ1n) is 8.62. The van der Waals surface area contributed by atoms with Gasteiger partial charge in [0.2, 0.25) is 0 Å². The van der Waals surface area contributed by atoms with Gasteiger partial charge in [-0.1, -0.05) is 38.1 Å². The molecule has 126 valence electrons. The van der Waals surface area contributed by atoms with Crippen LogP contribution in [0.1, 0.15) is 25.2 Å². The third kappa shape index (κ3) is 3.98. The Morgan fingerprint density at radius 3 is 2.42 bits per heavy atom. The van der Waals surface area contributed by atoms with Gasteiger partial charge in [-0.15, -0.1) is 0 Å². The van der Waals surface area contributed by atoms with Gasteiger partial charge in [0.1, 0.15) is 5.82 Å². The van der Waals surface area contributed by atoms with E-state index in [9.17, 15) is 0 Å². The van der Waals surface area contributed by atoms with Gasteiger partial charge in [-0.3, -0.25) is 0 Å². The predicted octanol–water partition coefficient (Wildman–Crippen LogP) is 4.57. The van der Waals surface area contributed by atoms with Crippen molar-refractivity contribution in [3.8, 4) is 0 Å². The van der Waals surface area contributed by atoms with Gasteiger partial charge in [-0.2, -0.15) is 0 Å². The number of hydrogen-bond donors (Lipinski definition) is 0. The van der Waals surface area contributed by atoms with Crippen LogP contribution in [0.25, 0.3) is 11.0 Å². The average molecular weight is 433 g/mol. The van der Waals surface area contributed by atoms with E-state index in [-0.39, 0.29) is 0 Å². The van der Waals surface area contributed by atoms with Crippen molar-refractivity contribution in [2.24, 2.45) is 0 Å². The minimum atomic E-state index is 0.879. The SMILES string of the molecule is CCN(CC)CCn1c(Cc2ccc(I)cc2)nc2ccccc21. The number of rotatable bonds is 7. The Balaban J connectivity index is 1.90. The highest BCUT2D eigenvalue weighted by atomic mass is 127. The van der Waals surface area contributed by atoms with Crippen LogP contribution in [0.3, 0.4) is 0 Å². The maximum Gasteiger partial charge on any atom is 0.114 e. The number of likely N-dealkylation sites (N-methyl/N-ethyl adjacent to an activating group) is 1. The maximum absolute atomic E-state index is 4.90. The third-order valence-electron chi connectivity index (χ3n) is 4.54. The molecule has 4 heteroatoms. The van der Waals surface area contributed by atoms with E-state index in [0.29, 0.717) is 0 Å². The quantitative estimate of drug-likeness (QED) is 0.509. The van der Waals surface area contributed by atoms with Gasteiger partial charge in [0.05, 0.1) is 11.0 Å². The zero-order valence-electron chi connectivity index (χ0n) is 14.4. The zero-order valence-corrected chi connectivity index (χ0v) is 16.5. The summed E-state index contributed by atoms with van der Waals surface area (Å²) >= 11 is 2.35. The lowest BCUT2D eigenvalue weighted by atomic mass is 10.1. The lowest BCUT2D eigenvalue weighted by Gasteiger charge is -2.19. The van der Waals surface area contributed by atoms with Crippen LogP contribution in [-0.4, -0.2) is 34.1 Å². The van der Waals surface area contributed by atoms with Gasteiger partial charge in [-0.05, 0) is 65.5 Å². The van der Waals surface area contributed by atoms with E-state index in [2.05, 4.69) is 94.4 Å². The Morgan fingerprint density at radius 2 is 1.71 bits per heavy atom. The number of halogens is 1. The zero-order chi connectivity index (χ0) is 16.9. The molecule has 1 aromatic heterocycles. The van der Waals surface area contributed by atoms with Crippen molar-refractivity contribution in [3.63, 3.8) is 0 Å². The number of benzene rings is 2. The third-order valence-corrected chi connectivity index (χ3v) is 5.26. The highest BCUT2D eigenvalue weighted by Gasteiger charge is 2.12. The number of aromatic nitrogens is 2. The largest absolute Gasteiger partial charge is 0.326 e. The van der Waals surface area contributed by atoms with Crippen LogP contribution in [0, 0.1) is 3.57 Å². The Hall–Kier alpha value is -1.40. The number of fused-ring (bicyclic) bond motifs is 1. The van der Waals surface area contributed by atoms with Crippen molar-refractivity contribution < 1.29 is 0 Å². The van der Waals surface area contributed by atoms with Crippen LogP contribution in [0.15, 0.2) is 48.5 Å². The molecule has 0 unspecified atom stereocenters. The first kappa shape index (κ1) is 17.4. The maximum atomic E-state index is 4.90. The molecule has 0 saturated heterocycles. The van der Waals surface area contributed by atoms with E-state index in [1.807, 2.05) is 0 Å². The Kier molecular flexibility index (Phi) is 5.89. The van der Waals surface area contributed by atoms with Crippen LogP contribution in [0.4, 0.5) is 0 Å². The summed E-state index contributed by atoms with van der Waals surface area (Å²) in [6.07, 6.45) is 0.879. The van der Waals surface area contributed by atoms with Gasteiger partial charge >= 0.3 is 0 Å². The monoisotopic (exact) mass is 433 g/mol. The molecule has 0 aliphatic rings. The molecule has 1 heterocycles. The topological polar surface area (TPSA) is 21.1 Å². The summed E-state index contributed by atoms with van der Waals surface area (Å²) in [5.41, 5.74) is 3.65. The van der Waals surface area contributed by atoms with Crippen LogP contribution in [0.2, 0.25) is 0 Å². The molecule has 0 atom stereocenters. The summed E-state index contributed by atoms with van der Waals surface area (Å²) in [6.45, 7) is 8.68. The molecule has 0 aliphatic heterocycles. The second kappa shape index (κ2) is 8.12. The fourth-order valence-electron chi connectivity index (χ4n) is 3.08. The summed E-state index contributed by atoms with van der Waals surface area (Å²) < 4.78 is 3.66. The molecule has 24 heavy (non-hydrogen) atoms. The molecule has 0 spiro atoms. The molecule has 0 aliphatic carbocycles. The van der Waals surface area contributed by atoms with E-state index in [0.717, 1.165) is 43.9 Å². The van der Waals surface area contributed by atoms with Crippen LogP contribution >= 0.6 is 22.6 Å². The van der Waals surface area contributed by atoms with Crippen molar-refractivity contribution in [3.05, 3.63) is 63.5 Å². The number of para-hydroxylation sites is 2. The molecule has 0 bridgehead atoms. The van der Waals surface area contributed by atoms with Crippen molar-refractivity contribution in [1.82, 2.24) is 14.5 Å². The van der Waals surface area contributed by atoms with Gasteiger partial charge in [0.15, 0.2) is 0 Å². The van der Waals surface area contributed by atoms with Crippen molar-refractivity contribution >= 4 is 33.6 Å². The molecule has 2 aromatic carbocycles. The first-order valence-corrected chi connectivity index (χ1v) is 9.70. The molecule has 0 saturated carbocycles. The van der Waals surface area contributed by atoms with Crippen molar-refractivity contribution in [1.29, 1.82) is 0 Å². The summed E-state index contributed by atoms with van der Waals surface area (Å²) in [4.78, 5) is 7.36. The van der Waals surface area contributed by atoms with Crippen LogP contribution in [0.5, 0.6) is 0 Å². The normalized spacial score (nSPS) is 11.5. The fourth-order valence-corrected chi connectivity index (χ4v) is 3.44. The van der Waals surface area contributed by atoms with E-state index < -0.39 is 0 Å².